The third kappa shape index (κ3) is 3.54. The number of rotatable bonds is 7. The average Bonchev–Trinajstić information content (AvgIpc) is 2.60. The smallest absolute Gasteiger partial charge is 0.262 e. The minimum atomic E-state index is -4.11. The van der Waals surface area contributed by atoms with Gasteiger partial charge in [-0.2, -0.15) is 0 Å². The molecule has 10 heteroatoms. The third-order valence-corrected chi connectivity index (χ3v) is 5.47. The summed E-state index contributed by atoms with van der Waals surface area (Å²) in [7, 11) is -4.11. The van der Waals surface area contributed by atoms with Gasteiger partial charge in [0.2, 0.25) is 0 Å². The Kier molecular flexibility index (Phi) is 5.36. The van der Waals surface area contributed by atoms with Crippen molar-refractivity contribution in [2.45, 2.75) is 11.8 Å². The lowest BCUT2D eigenvalue weighted by atomic mass is 10.1. The van der Waals surface area contributed by atoms with Crippen molar-refractivity contribution in [3.05, 3.63) is 80.9 Å². The van der Waals surface area contributed by atoms with Crippen LogP contribution in [0.1, 0.15) is 5.56 Å². The lowest BCUT2D eigenvalue weighted by molar-refractivity contribution is -0.385. The molecule has 26 heavy (non-hydrogen) atoms. The summed E-state index contributed by atoms with van der Waals surface area (Å²) in [6.07, 6.45) is 1.35. The fourth-order valence-corrected chi connectivity index (χ4v) is 3.88. The first-order valence-electron chi connectivity index (χ1n) is 7.32. The summed E-state index contributed by atoms with van der Waals surface area (Å²) in [4.78, 5) is 20.5. The summed E-state index contributed by atoms with van der Waals surface area (Å²) in [6.45, 7) is 4.86. The van der Waals surface area contributed by atoms with Crippen LogP contribution in [0.3, 0.4) is 0 Å². The molecule has 0 saturated carbocycles. The number of benzene rings is 2. The molecule has 0 aliphatic rings. The quantitative estimate of drug-likeness (QED) is 0.415. The van der Waals surface area contributed by atoms with Crippen molar-refractivity contribution in [3.63, 3.8) is 0 Å². The highest BCUT2D eigenvalue weighted by Gasteiger charge is 2.28. The minimum absolute atomic E-state index is 0.124. The number of nitro groups is 2. The summed E-state index contributed by atoms with van der Waals surface area (Å²) >= 11 is 0. The Morgan fingerprint density at radius 1 is 1.08 bits per heavy atom. The van der Waals surface area contributed by atoms with E-state index in [0.29, 0.717) is 0 Å². The van der Waals surface area contributed by atoms with Crippen LogP contribution in [-0.4, -0.2) is 24.8 Å². The van der Waals surface area contributed by atoms with E-state index in [1.54, 1.807) is 0 Å². The van der Waals surface area contributed by atoms with Crippen molar-refractivity contribution in [1.29, 1.82) is 0 Å². The molecule has 2 aromatic carbocycles. The van der Waals surface area contributed by atoms with Crippen LogP contribution in [0.4, 0.5) is 17.1 Å². The number of non-ortho nitro benzene ring substituents is 1. The zero-order chi connectivity index (χ0) is 19.5. The molecule has 0 amide bonds. The Morgan fingerprint density at radius 2 is 1.69 bits per heavy atom. The maximum atomic E-state index is 13.0. The second-order valence-electron chi connectivity index (χ2n) is 5.25. The van der Waals surface area contributed by atoms with Crippen molar-refractivity contribution < 1.29 is 18.3 Å². The molecule has 9 nitrogen and oxygen atoms in total. The number of hydrogen-bond acceptors (Lipinski definition) is 6. The molecule has 0 aromatic heterocycles. The average molecular weight is 377 g/mol. The maximum Gasteiger partial charge on any atom is 0.274 e. The van der Waals surface area contributed by atoms with Gasteiger partial charge in [-0.15, -0.1) is 6.58 Å². The Balaban J connectivity index is 2.59. The molecule has 0 radical (unpaired) electrons. The van der Waals surface area contributed by atoms with E-state index in [0.717, 1.165) is 28.6 Å². The van der Waals surface area contributed by atoms with Gasteiger partial charge >= 0.3 is 0 Å². The second kappa shape index (κ2) is 7.31. The largest absolute Gasteiger partial charge is 0.274 e. The van der Waals surface area contributed by atoms with E-state index in [4.69, 9.17) is 0 Å². The van der Waals surface area contributed by atoms with E-state index >= 15 is 0 Å². The lowest BCUT2D eigenvalue weighted by Crippen LogP contribution is -2.31. The molecule has 0 fully saturated rings. The van der Waals surface area contributed by atoms with E-state index < -0.39 is 19.9 Å². The van der Waals surface area contributed by atoms with Crippen LogP contribution < -0.4 is 4.31 Å². The summed E-state index contributed by atoms with van der Waals surface area (Å²) in [5.74, 6) is 0. The molecule has 0 saturated heterocycles. The van der Waals surface area contributed by atoms with Gasteiger partial charge in [0.05, 0.1) is 32.5 Å². The van der Waals surface area contributed by atoms with E-state index in [9.17, 15) is 28.6 Å². The van der Waals surface area contributed by atoms with Crippen molar-refractivity contribution in [3.8, 4) is 0 Å². The molecule has 0 N–H and O–H groups in total. The standard InChI is InChI=1S/C16H15N3O6S/c1-3-11-17(15-5-4-6-16(12(15)2)19(22)23)26(24,25)14-9-7-13(8-10-14)18(20)21/h3-10H,1,11H2,2H3. The molecular weight excluding hydrogens is 362 g/mol. The van der Waals surface area contributed by atoms with Gasteiger partial charge in [0, 0.05) is 18.2 Å². The highest BCUT2D eigenvalue weighted by molar-refractivity contribution is 7.92. The van der Waals surface area contributed by atoms with Crippen LogP contribution in [0.2, 0.25) is 0 Å². The zero-order valence-corrected chi connectivity index (χ0v) is 14.5. The maximum absolute atomic E-state index is 13.0. The molecule has 2 rings (SSSR count). The van der Waals surface area contributed by atoms with Gasteiger partial charge in [-0.25, -0.2) is 8.42 Å². The fraction of sp³-hybridized carbons (Fsp3) is 0.125. The third-order valence-electron chi connectivity index (χ3n) is 3.67. The molecular formula is C16H15N3O6S. The summed E-state index contributed by atoms with van der Waals surface area (Å²) in [6, 6.07) is 8.53. The van der Waals surface area contributed by atoms with Gasteiger partial charge in [0.25, 0.3) is 21.4 Å². The van der Waals surface area contributed by atoms with Gasteiger partial charge in [-0.05, 0) is 25.1 Å². The van der Waals surface area contributed by atoms with Gasteiger partial charge < -0.3 is 0 Å². The van der Waals surface area contributed by atoms with Crippen LogP contribution in [0.25, 0.3) is 0 Å². The van der Waals surface area contributed by atoms with Gasteiger partial charge in [-0.1, -0.05) is 12.1 Å². The van der Waals surface area contributed by atoms with E-state index in [1.165, 1.54) is 31.2 Å². The van der Waals surface area contributed by atoms with E-state index in [1.807, 2.05) is 0 Å². The van der Waals surface area contributed by atoms with Crippen LogP contribution in [0, 0.1) is 27.2 Å². The Bertz CT molecular complexity index is 970. The van der Waals surface area contributed by atoms with Crippen molar-refractivity contribution in [2.75, 3.05) is 10.8 Å². The number of anilines is 1. The van der Waals surface area contributed by atoms with Gasteiger partial charge in [0.1, 0.15) is 0 Å². The monoisotopic (exact) mass is 377 g/mol. The number of nitrogens with zero attached hydrogens (tertiary/aromatic N) is 3. The second-order valence-corrected chi connectivity index (χ2v) is 7.12. The van der Waals surface area contributed by atoms with E-state index in [2.05, 4.69) is 6.58 Å². The SMILES string of the molecule is C=CCN(c1cccc([N+](=O)[O-])c1C)S(=O)(=O)c1ccc([N+](=O)[O-])cc1. The Hall–Kier alpha value is -3.27. The normalized spacial score (nSPS) is 11.0. The Morgan fingerprint density at radius 3 is 2.19 bits per heavy atom. The van der Waals surface area contributed by atoms with Crippen molar-refractivity contribution in [1.82, 2.24) is 0 Å². The molecule has 0 bridgehead atoms. The molecule has 0 heterocycles. The number of nitro benzene ring substituents is 2. The fourth-order valence-electron chi connectivity index (χ4n) is 2.39. The molecule has 0 unspecified atom stereocenters. The van der Waals surface area contributed by atoms with Crippen LogP contribution in [-0.2, 0) is 10.0 Å². The van der Waals surface area contributed by atoms with Gasteiger partial charge in [-0.3, -0.25) is 24.5 Å². The summed E-state index contributed by atoms with van der Waals surface area (Å²) in [5, 5.41) is 21.9. The lowest BCUT2D eigenvalue weighted by Gasteiger charge is -2.24. The predicted molar refractivity (Wildman–Crippen MR) is 95.7 cm³/mol. The molecule has 2 aromatic rings. The molecule has 136 valence electrons. The van der Waals surface area contributed by atoms with Crippen molar-refractivity contribution >= 4 is 27.1 Å². The first kappa shape index (κ1) is 19.1. The number of sulfonamides is 1. The number of hydrogen-bond donors (Lipinski definition) is 0. The van der Waals surface area contributed by atoms with E-state index in [-0.39, 0.29) is 34.1 Å². The molecule has 0 aliphatic heterocycles. The topological polar surface area (TPSA) is 124 Å². The highest BCUT2D eigenvalue weighted by Crippen LogP contribution is 2.32. The minimum Gasteiger partial charge on any atom is -0.262 e. The van der Waals surface area contributed by atoms with Crippen molar-refractivity contribution in [2.24, 2.45) is 0 Å². The van der Waals surface area contributed by atoms with Crippen LogP contribution in [0.15, 0.2) is 60.0 Å². The zero-order valence-electron chi connectivity index (χ0n) is 13.7. The Labute approximate surface area is 149 Å². The molecule has 0 aliphatic carbocycles. The summed E-state index contributed by atoms with van der Waals surface area (Å²) < 4.78 is 26.9. The first-order valence-corrected chi connectivity index (χ1v) is 8.76. The highest BCUT2D eigenvalue weighted by atomic mass is 32.2. The van der Waals surface area contributed by atoms with Gasteiger partial charge in [0.15, 0.2) is 0 Å². The predicted octanol–water partition coefficient (Wildman–Crippen LogP) is 3.19. The van der Waals surface area contributed by atoms with Crippen LogP contribution >= 0.6 is 0 Å². The first-order chi connectivity index (χ1) is 12.2. The summed E-state index contributed by atoms with van der Waals surface area (Å²) in [5.41, 5.74) is -0.136. The molecule has 0 atom stereocenters. The van der Waals surface area contributed by atoms with Crippen LogP contribution in [0.5, 0.6) is 0 Å². The molecule has 0 spiro atoms.